The van der Waals surface area contributed by atoms with Crippen LogP contribution in [0.1, 0.15) is 30.5 Å². The van der Waals surface area contributed by atoms with Crippen LogP contribution in [0, 0.1) is 6.92 Å². The summed E-state index contributed by atoms with van der Waals surface area (Å²) in [7, 11) is 0. The molecule has 2 rings (SSSR count). The first-order valence-electron chi connectivity index (χ1n) is 5.77. The summed E-state index contributed by atoms with van der Waals surface area (Å²) in [6.07, 6.45) is 0.112. The minimum Gasteiger partial charge on any atom is -0.478 e. The van der Waals surface area contributed by atoms with Gasteiger partial charge in [0.1, 0.15) is 5.75 Å². The van der Waals surface area contributed by atoms with Gasteiger partial charge in [-0.15, -0.1) is 0 Å². The van der Waals surface area contributed by atoms with Crippen LogP contribution in [0.25, 0.3) is 0 Å². The van der Waals surface area contributed by atoms with Gasteiger partial charge < -0.3 is 15.2 Å². The molecule has 2 N–H and O–H groups in total. The Kier molecular flexibility index (Phi) is 3.33. The Labute approximate surface area is 101 Å². The fourth-order valence-electron chi connectivity index (χ4n) is 1.87. The lowest BCUT2D eigenvalue weighted by molar-refractivity contribution is -0.143. The van der Waals surface area contributed by atoms with Gasteiger partial charge in [-0.25, -0.2) is 4.79 Å². The van der Waals surface area contributed by atoms with Crippen LogP contribution in [0.4, 0.5) is 0 Å². The smallest absolute Gasteiger partial charge is 0.347 e. The summed E-state index contributed by atoms with van der Waals surface area (Å²) in [5.41, 5.74) is 7.94. The monoisotopic (exact) mass is 235 g/mol. The highest BCUT2D eigenvalue weighted by molar-refractivity contribution is 5.76. The van der Waals surface area contributed by atoms with E-state index in [0.29, 0.717) is 18.8 Å². The van der Waals surface area contributed by atoms with E-state index in [1.54, 1.807) is 0 Å². The molecule has 0 saturated carbocycles. The second kappa shape index (κ2) is 4.75. The molecule has 4 nitrogen and oxygen atoms in total. The highest BCUT2D eigenvalue weighted by Crippen LogP contribution is 2.27. The van der Waals surface area contributed by atoms with Gasteiger partial charge in [0, 0.05) is 18.0 Å². The van der Waals surface area contributed by atoms with E-state index < -0.39 is 6.10 Å². The molecule has 1 aromatic carbocycles. The first-order chi connectivity index (χ1) is 8.08. The zero-order valence-electron chi connectivity index (χ0n) is 10.1. The third-order valence-electron chi connectivity index (χ3n) is 2.81. The van der Waals surface area contributed by atoms with Gasteiger partial charge in [0.25, 0.3) is 0 Å². The Morgan fingerprint density at radius 3 is 2.88 bits per heavy atom. The molecule has 17 heavy (non-hydrogen) atoms. The minimum atomic E-state index is -0.491. The van der Waals surface area contributed by atoms with E-state index in [4.69, 9.17) is 15.2 Å². The van der Waals surface area contributed by atoms with E-state index in [9.17, 15) is 4.79 Å². The van der Waals surface area contributed by atoms with Crippen molar-refractivity contribution in [1.82, 2.24) is 0 Å². The number of benzene rings is 1. The summed E-state index contributed by atoms with van der Waals surface area (Å²) >= 11 is 0. The van der Waals surface area contributed by atoms with E-state index >= 15 is 0 Å². The van der Waals surface area contributed by atoms with Crippen molar-refractivity contribution in [2.75, 3.05) is 6.61 Å². The molecule has 2 atom stereocenters. The number of carbonyl (C=O) groups is 1. The quantitative estimate of drug-likeness (QED) is 0.810. The molecule has 1 aliphatic rings. The molecule has 0 aromatic heterocycles. The van der Waals surface area contributed by atoms with Gasteiger partial charge in [-0.3, -0.25) is 0 Å². The number of hydrogen-bond acceptors (Lipinski definition) is 4. The van der Waals surface area contributed by atoms with Gasteiger partial charge in [-0.2, -0.15) is 0 Å². The number of hydrogen-bond donors (Lipinski definition) is 1. The zero-order chi connectivity index (χ0) is 12.4. The van der Waals surface area contributed by atoms with Gasteiger partial charge in [-0.05, 0) is 19.9 Å². The van der Waals surface area contributed by atoms with E-state index in [1.165, 1.54) is 0 Å². The number of aryl methyl sites for hydroxylation is 1. The van der Waals surface area contributed by atoms with E-state index in [1.807, 2.05) is 32.0 Å². The number of ether oxygens (including phenoxy) is 2. The fraction of sp³-hybridized carbons (Fsp3) is 0.462. The van der Waals surface area contributed by atoms with Gasteiger partial charge >= 0.3 is 5.97 Å². The number of rotatable bonds is 3. The first-order valence-corrected chi connectivity index (χ1v) is 5.77. The van der Waals surface area contributed by atoms with E-state index in [2.05, 4.69) is 0 Å². The molecule has 92 valence electrons. The number of nitrogens with two attached hydrogens (primary N) is 1. The van der Waals surface area contributed by atoms with Crippen LogP contribution < -0.4 is 10.5 Å². The van der Waals surface area contributed by atoms with Crippen LogP contribution in [-0.2, 0) is 9.53 Å². The van der Waals surface area contributed by atoms with Crippen molar-refractivity contribution in [2.24, 2.45) is 5.73 Å². The van der Waals surface area contributed by atoms with Crippen molar-refractivity contribution in [1.29, 1.82) is 0 Å². The third kappa shape index (κ3) is 2.58. The molecule has 0 bridgehead atoms. The van der Waals surface area contributed by atoms with Crippen LogP contribution in [0.15, 0.2) is 18.2 Å². The van der Waals surface area contributed by atoms with E-state index in [0.717, 1.165) is 11.1 Å². The lowest BCUT2D eigenvalue weighted by atomic mass is 10.0. The van der Waals surface area contributed by atoms with Crippen molar-refractivity contribution in [3.8, 4) is 5.75 Å². The number of cyclic esters (lactones) is 1. The standard InChI is InChI=1S/C13H17NO3/c1-8-3-4-11(10(7-8)9(2)14)17-12-5-6-16-13(12)15/h3-4,7,9,12H,5-6,14H2,1-2H3. The van der Waals surface area contributed by atoms with Crippen molar-refractivity contribution >= 4 is 5.97 Å². The Balaban J connectivity index is 2.22. The molecule has 0 radical (unpaired) electrons. The molecule has 1 heterocycles. The average Bonchev–Trinajstić information content (AvgIpc) is 2.67. The van der Waals surface area contributed by atoms with Gasteiger partial charge in [0.15, 0.2) is 6.10 Å². The zero-order valence-corrected chi connectivity index (χ0v) is 10.1. The maximum absolute atomic E-state index is 11.3. The van der Waals surface area contributed by atoms with Crippen molar-refractivity contribution in [3.05, 3.63) is 29.3 Å². The predicted molar refractivity (Wildman–Crippen MR) is 63.8 cm³/mol. The van der Waals surface area contributed by atoms with E-state index in [-0.39, 0.29) is 12.0 Å². The predicted octanol–water partition coefficient (Wildman–Crippen LogP) is 1.71. The molecule has 1 saturated heterocycles. The Morgan fingerprint density at radius 2 is 2.29 bits per heavy atom. The second-order valence-electron chi connectivity index (χ2n) is 4.39. The second-order valence-corrected chi connectivity index (χ2v) is 4.39. The van der Waals surface area contributed by atoms with Crippen molar-refractivity contribution in [3.63, 3.8) is 0 Å². The summed E-state index contributed by atoms with van der Waals surface area (Å²) in [4.78, 5) is 11.3. The summed E-state index contributed by atoms with van der Waals surface area (Å²) in [5.74, 6) is 0.385. The minimum absolute atomic E-state index is 0.123. The topological polar surface area (TPSA) is 61.5 Å². The molecular weight excluding hydrogens is 218 g/mol. The number of esters is 1. The highest BCUT2D eigenvalue weighted by atomic mass is 16.6. The lowest BCUT2D eigenvalue weighted by Crippen LogP contribution is -2.23. The Bertz CT molecular complexity index is 429. The summed E-state index contributed by atoms with van der Waals surface area (Å²) in [6.45, 7) is 4.33. The van der Waals surface area contributed by atoms with Crippen molar-refractivity contribution < 1.29 is 14.3 Å². The lowest BCUT2D eigenvalue weighted by Gasteiger charge is -2.16. The van der Waals surface area contributed by atoms with Crippen LogP contribution in [-0.4, -0.2) is 18.7 Å². The molecule has 4 heteroatoms. The van der Waals surface area contributed by atoms with Gasteiger partial charge in [0.05, 0.1) is 6.61 Å². The SMILES string of the molecule is Cc1ccc(OC2CCOC2=O)c(C(C)N)c1. The summed E-state index contributed by atoms with van der Waals surface area (Å²) in [6, 6.07) is 5.67. The molecule has 1 aliphatic heterocycles. The molecule has 1 fully saturated rings. The van der Waals surface area contributed by atoms with Gasteiger partial charge in [0.2, 0.25) is 0 Å². The molecule has 0 aliphatic carbocycles. The first kappa shape index (κ1) is 11.9. The maximum atomic E-state index is 11.3. The van der Waals surface area contributed by atoms with Gasteiger partial charge in [-0.1, -0.05) is 17.7 Å². The summed E-state index contributed by atoms with van der Waals surface area (Å²) < 4.78 is 10.5. The normalized spacial score (nSPS) is 21.1. The molecule has 2 unspecified atom stereocenters. The third-order valence-corrected chi connectivity index (χ3v) is 2.81. The Hall–Kier alpha value is -1.55. The molecule has 0 amide bonds. The van der Waals surface area contributed by atoms with Crippen LogP contribution in [0.2, 0.25) is 0 Å². The summed E-state index contributed by atoms with van der Waals surface area (Å²) in [5, 5.41) is 0. The average molecular weight is 235 g/mol. The Morgan fingerprint density at radius 1 is 1.53 bits per heavy atom. The molecule has 1 aromatic rings. The fourth-order valence-corrected chi connectivity index (χ4v) is 1.87. The molecule has 0 spiro atoms. The largest absolute Gasteiger partial charge is 0.478 e. The van der Waals surface area contributed by atoms with Crippen LogP contribution in [0.5, 0.6) is 5.75 Å². The maximum Gasteiger partial charge on any atom is 0.347 e. The van der Waals surface area contributed by atoms with Crippen molar-refractivity contribution in [2.45, 2.75) is 32.4 Å². The number of carbonyl (C=O) groups excluding carboxylic acids is 1. The van der Waals surface area contributed by atoms with Crippen LogP contribution in [0.3, 0.4) is 0 Å². The highest BCUT2D eigenvalue weighted by Gasteiger charge is 2.29. The molecular formula is C13H17NO3. The van der Waals surface area contributed by atoms with Crippen LogP contribution >= 0.6 is 0 Å².